The fourth-order valence-corrected chi connectivity index (χ4v) is 4.17. The third-order valence-corrected chi connectivity index (χ3v) is 5.56. The van der Waals surface area contributed by atoms with Crippen molar-refractivity contribution in [3.05, 3.63) is 0 Å². The van der Waals surface area contributed by atoms with Gasteiger partial charge < -0.3 is 5.73 Å². The number of rotatable bonds is 2. The third-order valence-electron chi connectivity index (χ3n) is 5.56. The predicted molar refractivity (Wildman–Crippen MR) is 74.9 cm³/mol. The molecule has 0 spiro atoms. The molecule has 2 fully saturated rings. The second-order valence-electron chi connectivity index (χ2n) is 7.00. The van der Waals surface area contributed by atoms with E-state index in [0.717, 1.165) is 17.8 Å². The van der Waals surface area contributed by atoms with E-state index in [1.54, 1.807) is 0 Å². The summed E-state index contributed by atoms with van der Waals surface area (Å²) in [6.45, 7) is 4.77. The molecule has 100 valence electrons. The Kier molecular flexibility index (Phi) is 4.52. The van der Waals surface area contributed by atoms with E-state index >= 15 is 0 Å². The molecule has 0 heterocycles. The van der Waals surface area contributed by atoms with Crippen LogP contribution >= 0.6 is 0 Å². The van der Waals surface area contributed by atoms with Gasteiger partial charge in [0, 0.05) is 5.54 Å². The first kappa shape index (κ1) is 13.4. The zero-order valence-corrected chi connectivity index (χ0v) is 11.9. The van der Waals surface area contributed by atoms with E-state index in [1.807, 2.05) is 0 Å². The molecular formula is C16H31N. The largest absolute Gasteiger partial charge is 0.325 e. The SMILES string of the molecule is CC(C)C1CCCC(N)(C2CCCCC2)CC1. The van der Waals surface area contributed by atoms with E-state index in [1.165, 1.54) is 64.2 Å². The summed E-state index contributed by atoms with van der Waals surface area (Å²) in [4.78, 5) is 0. The maximum Gasteiger partial charge on any atom is 0.0182 e. The molecule has 2 atom stereocenters. The van der Waals surface area contributed by atoms with Crippen LogP contribution in [0.25, 0.3) is 0 Å². The normalized spacial score (nSPS) is 37.1. The van der Waals surface area contributed by atoms with E-state index < -0.39 is 0 Å². The minimum atomic E-state index is 0.198. The first-order chi connectivity index (χ1) is 8.12. The Balaban J connectivity index is 1.95. The molecule has 2 N–H and O–H groups in total. The van der Waals surface area contributed by atoms with Gasteiger partial charge in [-0.25, -0.2) is 0 Å². The zero-order valence-electron chi connectivity index (χ0n) is 11.9. The molecule has 2 rings (SSSR count). The summed E-state index contributed by atoms with van der Waals surface area (Å²) >= 11 is 0. The van der Waals surface area contributed by atoms with Gasteiger partial charge in [0.1, 0.15) is 0 Å². The summed E-state index contributed by atoms with van der Waals surface area (Å²) in [5.74, 6) is 2.62. The Bertz CT molecular complexity index is 230. The van der Waals surface area contributed by atoms with Crippen molar-refractivity contribution in [2.24, 2.45) is 23.5 Å². The van der Waals surface area contributed by atoms with Gasteiger partial charge in [0.2, 0.25) is 0 Å². The molecule has 1 nitrogen and oxygen atoms in total. The molecule has 0 aromatic rings. The first-order valence-electron chi connectivity index (χ1n) is 7.91. The molecule has 2 aliphatic rings. The highest BCUT2D eigenvalue weighted by atomic mass is 14.8. The quantitative estimate of drug-likeness (QED) is 0.703. The molecule has 0 amide bonds. The van der Waals surface area contributed by atoms with Crippen molar-refractivity contribution in [2.45, 2.75) is 83.6 Å². The lowest BCUT2D eigenvalue weighted by atomic mass is 9.71. The third kappa shape index (κ3) is 3.24. The Morgan fingerprint density at radius 1 is 0.882 bits per heavy atom. The molecule has 2 saturated carbocycles. The van der Waals surface area contributed by atoms with Gasteiger partial charge in [0.25, 0.3) is 0 Å². The highest BCUT2D eigenvalue weighted by Gasteiger charge is 2.37. The lowest BCUT2D eigenvalue weighted by Gasteiger charge is -2.39. The average Bonchev–Trinajstić information content (AvgIpc) is 2.54. The Labute approximate surface area is 108 Å². The molecule has 0 aliphatic heterocycles. The monoisotopic (exact) mass is 237 g/mol. The van der Waals surface area contributed by atoms with Gasteiger partial charge in [-0.3, -0.25) is 0 Å². The van der Waals surface area contributed by atoms with Crippen LogP contribution in [0.5, 0.6) is 0 Å². The molecular weight excluding hydrogens is 206 g/mol. The lowest BCUT2D eigenvalue weighted by Crippen LogP contribution is -2.47. The summed E-state index contributed by atoms with van der Waals surface area (Å²) in [5, 5.41) is 0. The van der Waals surface area contributed by atoms with E-state index in [0.29, 0.717) is 0 Å². The van der Waals surface area contributed by atoms with E-state index in [4.69, 9.17) is 5.73 Å². The smallest absolute Gasteiger partial charge is 0.0182 e. The standard InChI is InChI=1S/C16H31N/c1-13(2)14-7-6-11-16(17,12-10-14)15-8-4-3-5-9-15/h13-15H,3-12,17H2,1-2H3. The minimum Gasteiger partial charge on any atom is -0.325 e. The van der Waals surface area contributed by atoms with Crippen LogP contribution < -0.4 is 5.73 Å². The van der Waals surface area contributed by atoms with E-state index in [2.05, 4.69) is 13.8 Å². The van der Waals surface area contributed by atoms with Crippen molar-refractivity contribution in [3.63, 3.8) is 0 Å². The fraction of sp³-hybridized carbons (Fsp3) is 1.00. The van der Waals surface area contributed by atoms with Crippen LogP contribution in [-0.2, 0) is 0 Å². The average molecular weight is 237 g/mol. The molecule has 0 radical (unpaired) electrons. The van der Waals surface area contributed by atoms with Crippen molar-refractivity contribution in [1.29, 1.82) is 0 Å². The number of hydrogen-bond acceptors (Lipinski definition) is 1. The van der Waals surface area contributed by atoms with Gasteiger partial charge in [-0.05, 0) is 49.9 Å². The molecule has 0 aromatic carbocycles. The van der Waals surface area contributed by atoms with Crippen LogP contribution in [-0.4, -0.2) is 5.54 Å². The Morgan fingerprint density at radius 3 is 2.24 bits per heavy atom. The summed E-state index contributed by atoms with van der Waals surface area (Å²) in [5.41, 5.74) is 6.99. The van der Waals surface area contributed by atoms with Crippen molar-refractivity contribution >= 4 is 0 Å². The minimum absolute atomic E-state index is 0.198. The highest BCUT2D eigenvalue weighted by Crippen LogP contribution is 2.41. The van der Waals surface area contributed by atoms with Gasteiger partial charge in [0.15, 0.2) is 0 Å². The Morgan fingerprint density at radius 2 is 1.59 bits per heavy atom. The molecule has 2 unspecified atom stereocenters. The second kappa shape index (κ2) is 5.73. The number of nitrogens with two attached hydrogens (primary N) is 1. The topological polar surface area (TPSA) is 26.0 Å². The maximum atomic E-state index is 6.80. The highest BCUT2D eigenvalue weighted by molar-refractivity contribution is 4.95. The second-order valence-corrected chi connectivity index (χ2v) is 7.00. The summed E-state index contributed by atoms with van der Waals surface area (Å²) in [6.07, 6.45) is 13.9. The van der Waals surface area contributed by atoms with Crippen LogP contribution in [0.4, 0.5) is 0 Å². The van der Waals surface area contributed by atoms with Crippen LogP contribution in [0, 0.1) is 17.8 Å². The van der Waals surface area contributed by atoms with Gasteiger partial charge >= 0.3 is 0 Å². The van der Waals surface area contributed by atoms with Crippen molar-refractivity contribution in [3.8, 4) is 0 Å². The van der Waals surface area contributed by atoms with Crippen molar-refractivity contribution < 1.29 is 0 Å². The van der Waals surface area contributed by atoms with Crippen LogP contribution in [0.1, 0.15) is 78.1 Å². The molecule has 0 aromatic heterocycles. The fourth-order valence-electron chi connectivity index (χ4n) is 4.17. The Hall–Kier alpha value is -0.0400. The van der Waals surface area contributed by atoms with Gasteiger partial charge in [-0.15, -0.1) is 0 Å². The van der Waals surface area contributed by atoms with Gasteiger partial charge in [-0.2, -0.15) is 0 Å². The molecule has 17 heavy (non-hydrogen) atoms. The first-order valence-corrected chi connectivity index (χ1v) is 7.91. The van der Waals surface area contributed by atoms with Crippen molar-refractivity contribution in [1.82, 2.24) is 0 Å². The van der Waals surface area contributed by atoms with Gasteiger partial charge in [-0.1, -0.05) is 46.0 Å². The summed E-state index contributed by atoms with van der Waals surface area (Å²) in [7, 11) is 0. The van der Waals surface area contributed by atoms with Crippen LogP contribution in [0.2, 0.25) is 0 Å². The van der Waals surface area contributed by atoms with Crippen LogP contribution in [0.15, 0.2) is 0 Å². The lowest BCUT2D eigenvalue weighted by molar-refractivity contribution is 0.180. The zero-order chi connectivity index (χ0) is 12.3. The summed E-state index contributed by atoms with van der Waals surface area (Å²) < 4.78 is 0. The molecule has 2 aliphatic carbocycles. The maximum absolute atomic E-state index is 6.80. The molecule has 0 bridgehead atoms. The van der Waals surface area contributed by atoms with Crippen molar-refractivity contribution in [2.75, 3.05) is 0 Å². The summed E-state index contributed by atoms with van der Waals surface area (Å²) in [6, 6.07) is 0. The van der Waals surface area contributed by atoms with Gasteiger partial charge in [0.05, 0.1) is 0 Å². The van der Waals surface area contributed by atoms with Crippen LogP contribution in [0.3, 0.4) is 0 Å². The predicted octanol–water partition coefficient (Wildman–Crippen LogP) is 4.50. The number of hydrogen-bond donors (Lipinski definition) is 1. The van der Waals surface area contributed by atoms with E-state index in [9.17, 15) is 0 Å². The van der Waals surface area contributed by atoms with E-state index in [-0.39, 0.29) is 5.54 Å². The molecule has 0 saturated heterocycles. The molecule has 1 heteroatoms.